The Balaban J connectivity index is 2.08. The molecule has 3 aromatic carbocycles. The molecule has 0 amide bonds. The lowest BCUT2D eigenvalue weighted by molar-refractivity contribution is 0.288. The van der Waals surface area contributed by atoms with Gasteiger partial charge in [-0.25, -0.2) is 9.07 Å². The van der Waals surface area contributed by atoms with Crippen LogP contribution in [-0.4, -0.2) is 21.7 Å². The molecule has 0 aliphatic carbocycles. The Kier molecular flexibility index (Phi) is 3.98. The molecule has 0 radical (unpaired) electrons. The minimum absolute atomic E-state index is 0.552. The lowest BCUT2D eigenvalue weighted by Crippen LogP contribution is -2.39. The Morgan fingerprint density at radius 2 is 1.60 bits per heavy atom. The van der Waals surface area contributed by atoms with Crippen LogP contribution in [0.2, 0.25) is 5.02 Å². The molecule has 4 aromatic rings. The fourth-order valence-electron chi connectivity index (χ4n) is 3.23. The predicted molar refractivity (Wildman–Crippen MR) is 97.6 cm³/mol. The van der Waals surface area contributed by atoms with E-state index < -0.39 is 12.2 Å². The fraction of sp³-hybridized carbons (Fsp3) is 0.100. The van der Waals surface area contributed by atoms with Crippen molar-refractivity contribution in [2.24, 2.45) is 0 Å². The van der Waals surface area contributed by atoms with Crippen LogP contribution in [0.15, 0.2) is 78.9 Å². The summed E-state index contributed by atoms with van der Waals surface area (Å²) in [6.45, 7) is -0.676. The van der Waals surface area contributed by atoms with E-state index in [-0.39, 0.29) is 0 Å². The van der Waals surface area contributed by atoms with Crippen LogP contribution in [0.5, 0.6) is 0 Å². The van der Waals surface area contributed by atoms with E-state index in [1.54, 1.807) is 16.8 Å². The molecular formula is C20H15ClFN3. The van der Waals surface area contributed by atoms with Crippen molar-refractivity contribution in [2.75, 3.05) is 6.67 Å². The van der Waals surface area contributed by atoms with Crippen LogP contribution < -0.4 is 0 Å². The zero-order valence-electron chi connectivity index (χ0n) is 13.3. The van der Waals surface area contributed by atoms with Gasteiger partial charge in [0.1, 0.15) is 17.7 Å². The molecule has 1 heterocycles. The zero-order valence-corrected chi connectivity index (χ0v) is 14.1. The highest BCUT2D eigenvalue weighted by atomic mass is 35.5. The normalized spacial score (nSPS) is 13.7. The Hall–Kier alpha value is -2.72. The topological polar surface area (TPSA) is 30.7 Å². The maximum absolute atomic E-state index is 14.8. The number of halogens is 2. The number of alkyl halides is 1. The van der Waals surface area contributed by atoms with E-state index >= 15 is 0 Å². The van der Waals surface area contributed by atoms with Crippen molar-refractivity contribution in [3.63, 3.8) is 0 Å². The number of hydrogen-bond acceptors (Lipinski definition) is 2. The number of rotatable bonds is 4. The number of nitrogens with zero attached hydrogens (tertiary/aromatic N) is 3. The van der Waals surface area contributed by atoms with Crippen LogP contribution >= 0.6 is 11.6 Å². The first-order valence-corrected chi connectivity index (χ1v) is 8.32. The number of aromatic nitrogens is 3. The van der Waals surface area contributed by atoms with E-state index in [0.29, 0.717) is 5.02 Å². The number of benzene rings is 3. The van der Waals surface area contributed by atoms with E-state index in [4.69, 9.17) is 11.6 Å². The maximum Gasteiger partial charge on any atom is 0.143 e. The van der Waals surface area contributed by atoms with Gasteiger partial charge in [-0.15, -0.1) is 5.10 Å². The molecule has 0 spiro atoms. The van der Waals surface area contributed by atoms with Gasteiger partial charge in [0.2, 0.25) is 0 Å². The van der Waals surface area contributed by atoms with Gasteiger partial charge in [-0.05, 0) is 35.4 Å². The second kappa shape index (κ2) is 6.30. The Bertz CT molecular complexity index is 1020. The monoisotopic (exact) mass is 351 g/mol. The zero-order chi connectivity index (χ0) is 17.3. The van der Waals surface area contributed by atoms with Crippen molar-refractivity contribution in [3.8, 4) is 0 Å². The third kappa shape index (κ3) is 2.50. The first kappa shape index (κ1) is 15.8. The minimum Gasteiger partial charge on any atom is -0.248 e. The molecule has 1 aromatic heterocycles. The average Bonchev–Trinajstić information content (AvgIpc) is 3.09. The standard InChI is InChI=1S/C20H15ClFN3/c21-17-10-6-9-16(13-17)20(14-22,15-7-2-1-3-8-15)25-19-12-5-4-11-18(19)23-24-25/h1-13H,14H2. The molecule has 124 valence electrons. The van der Waals surface area contributed by atoms with Gasteiger partial charge in [-0.1, -0.05) is 71.4 Å². The van der Waals surface area contributed by atoms with Crippen LogP contribution in [0.1, 0.15) is 11.1 Å². The molecule has 4 rings (SSSR count). The molecule has 25 heavy (non-hydrogen) atoms. The summed E-state index contributed by atoms with van der Waals surface area (Å²) in [6.07, 6.45) is 0. The first-order valence-electron chi connectivity index (χ1n) is 7.94. The SMILES string of the molecule is FCC(c1ccccc1)(c1cccc(Cl)c1)n1nnc2ccccc21. The van der Waals surface area contributed by atoms with Crippen LogP contribution in [0, 0.1) is 0 Å². The van der Waals surface area contributed by atoms with Crippen molar-refractivity contribution >= 4 is 22.6 Å². The summed E-state index contributed by atoms with van der Waals surface area (Å²) < 4.78 is 16.4. The lowest BCUT2D eigenvalue weighted by Gasteiger charge is -2.33. The number of fused-ring (bicyclic) bond motifs is 1. The highest BCUT2D eigenvalue weighted by Gasteiger charge is 2.39. The van der Waals surface area contributed by atoms with E-state index in [1.807, 2.05) is 66.7 Å². The summed E-state index contributed by atoms with van der Waals surface area (Å²) in [5, 5.41) is 9.08. The van der Waals surface area contributed by atoms with E-state index in [0.717, 1.165) is 22.2 Å². The van der Waals surface area contributed by atoms with Gasteiger partial charge in [0.05, 0.1) is 5.52 Å². The summed E-state index contributed by atoms with van der Waals surface area (Å²) in [5.41, 5.74) is 1.87. The largest absolute Gasteiger partial charge is 0.248 e. The molecule has 0 saturated carbocycles. The van der Waals surface area contributed by atoms with Crippen LogP contribution in [0.25, 0.3) is 11.0 Å². The quantitative estimate of drug-likeness (QED) is 0.526. The Morgan fingerprint density at radius 3 is 2.36 bits per heavy atom. The van der Waals surface area contributed by atoms with Crippen molar-refractivity contribution in [2.45, 2.75) is 5.54 Å². The van der Waals surface area contributed by atoms with Crippen molar-refractivity contribution in [1.82, 2.24) is 15.0 Å². The summed E-state index contributed by atoms with van der Waals surface area (Å²) in [4.78, 5) is 0. The summed E-state index contributed by atoms with van der Waals surface area (Å²) >= 11 is 6.21. The molecule has 0 aliphatic heterocycles. The fourth-order valence-corrected chi connectivity index (χ4v) is 3.42. The molecule has 0 N–H and O–H groups in total. The second-order valence-corrected chi connectivity index (χ2v) is 6.30. The molecule has 0 saturated heterocycles. The predicted octanol–water partition coefficient (Wildman–Crippen LogP) is 4.85. The summed E-state index contributed by atoms with van der Waals surface area (Å²) in [6, 6.07) is 24.3. The average molecular weight is 352 g/mol. The van der Waals surface area contributed by atoms with Gasteiger partial charge in [0.15, 0.2) is 0 Å². The number of hydrogen-bond donors (Lipinski definition) is 0. The van der Waals surface area contributed by atoms with Crippen molar-refractivity contribution in [3.05, 3.63) is 95.0 Å². The van der Waals surface area contributed by atoms with Gasteiger partial charge in [0, 0.05) is 5.02 Å². The highest BCUT2D eigenvalue weighted by Crippen LogP contribution is 2.37. The lowest BCUT2D eigenvalue weighted by atomic mass is 9.83. The molecule has 5 heteroatoms. The third-order valence-electron chi connectivity index (χ3n) is 4.46. The van der Waals surface area contributed by atoms with Gasteiger partial charge in [-0.3, -0.25) is 0 Å². The molecule has 0 fully saturated rings. The van der Waals surface area contributed by atoms with E-state index in [1.165, 1.54) is 0 Å². The molecule has 1 unspecified atom stereocenters. The highest BCUT2D eigenvalue weighted by molar-refractivity contribution is 6.30. The molecule has 0 bridgehead atoms. The molecule has 3 nitrogen and oxygen atoms in total. The minimum atomic E-state index is -1.14. The van der Waals surface area contributed by atoms with Gasteiger partial charge in [-0.2, -0.15) is 0 Å². The number of para-hydroxylation sites is 1. The van der Waals surface area contributed by atoms with Crippen molar-refractivity contribution < 1.29 is 4.39 Å². The second-order valence-electron chi connectivity index (χ2n) is 5.86. The Labute approximate surface area is 149 Å². The van der Waals surface area contributed by atoms with E-state index in [2.05, 4.69) is 10.3 Å². The molecule has 0 aliphatic rings. The van der Waals surface area contributed by atoms with Crippen LogP contribution in [0.3, 0.4) is 0 Å². The first-order chi connectivity index (χ1) is 12.3. The van der Waals surface area contributed by atoms with E-state index in [9.17, 15) is 4.39 Å². The van der Waals surface area contributed by atoms with Gasteiger partial charge >= 0.3 is 0 Å². The smallest absolute Gasteiger partial charge is 0.143 e. The molecule has 1 atom stereocenters. The van der Waals surface area contributed by atoms with Gasteiger partial charge < -0.3 is 0 Å². The maximum atomic E-state index is 14.8. The Morgan fingerprint density at radius 1 is 0.880 bits per heavy atom. The van der Waals surface area contributed by atoms with Gasteiger partial charge in [0.25, 0.3) is 0 Å². The molecular weight excluding hydrogens is 337 g/mol. The van der Waals surface area contributed by atoms with Crippen molar-refractivity contribution in [1.29, 1.82) is 0 Å². The third-order valence-corrected chi connectivity index (χ3v) is 4.70. The van der Waals surface area contributed by atoms with Crippen LogP contribution in [0.4, 0.5) is 4.39 Å². The summed E-state index contributed by atoms with van der Waals surface area (Å²) in [7, 11) is 0. The summed E-state index contributed by atoms with van der Waals surface area (Å²) in [5.74, 6) is 0. The van der Waals surface area contributed by atoms with Crippen LogP contribution in [-0.2, 0) is 5.54 Å².